The molecule has 0 amide bonds. The van der Waals surface area contributed by atoms with E-state index in [9.17, 15) is 0 Å². The van der Waals surface area contributed by atoms with Gasteiger partial charge in [0, 0.05) is 18.6 Å². The third-order valence-electron chi connectivity index (χ3n) is 4.68. The minimum absolute atomic E-state index is 0.773. The second kappa shape index (κ2) is 6.75. The van der Waals surface area contributed by atoms with Gasteiger partial charge in [-0.2, -0.15) is 0 Å². The lowest BCUT2D eigenvalue weighted by molar-refractivity contribution is 0.0838. The molecule has 0 radical (unpaired) electrons. The largest absolute Gasteiger partial charge is 0.314 e. The van der Waals surface area contributed by atoms with Crippen molar-refractivity contribution in [3.63, 3.8) is 0 Å². The molecule has 2 aliphatic rings. The summed E-state index contributed by atoms with van der Waals surface area (Å²) in [6.45, 7) is 8.54. The highest BCUT2D eigenvalue weighted by molar-refractivity contribution is 4.86. The predicted molar refractivity (Wildman–Crippen MR) is 74.3 cm³/mol. The molecule has 0 spiro atoms. The highest BCUT2D eigenvalue weighted by Crippen LogP contribution is 2.27. The first-order chi connectivity index (χ1) is 8.31. The molecule has 1 heterocycles. The summed E-state index contributed by atoms with van der Waals surface area (Å²) in [7, 11) is 0. The van der Waals surface area contributed by atoms with Crippen molar-refractivity contribution in [3.8, 4) is 0 Å². The summed E-state index contributed by atoms with van der Waals surface area (Å²) >= 11 is 0. The van der Waals surface area contributed by atoms with E-state index >= 15 is 0 Å². The van der Waals surface area contributed by atoms with Gasteiger partial charge in [-0.25, -0.2) is 0 Å². The van der Waals surface area contributed by atoms with Gasteiger partial charge >= 0.3 is 0 Å². The average Bonchev–Trinajstić information content (AvgIpc) is 2.38. The molecule has 0 bridgehead atoms. The maximum Gasteiger partial charge on any atom is 0.0117 e. The quantitative estimate of drug-likeness (QED) is 0.810. The summed E-state index contributed by atoms with van der Waals surface area (Å²) in [6.07, 6.45) is 9.94. The van der Waals surface area contributed by atoms with Gasteiger partial charge in [0.25, 0.3) is 0 Å². The van der Waals surface area contributed by atoms with Gasteiger partial charge in [-0.1, -0.05) is 33.1 Å². The number of likely N-dealkylation sites (tertiary alicyclic amines) is 1. The van der Waals surface area contributed by atoms with Crippen LogP contribution in [0.5, 0.6) is 0 Å². The van der Waals surface area contributed by atoms with Gasteiger partial charge in [0.1, 0.15) is 0 Å². The predicted octanol–water partition coefficient (Wildman–Crippen LogP) is 3.03. The SMILES string of the molecule is CCCNC1CCN(C2CCCCC2)CC1C. The zero-order valence-corrected chi connectivity index (χ0v) is 11.8. The Morgan fingerprint density at radius 2 is 1.88 bits per heavy atom. The number of nitrogens with zero attached hydrogens (tertiary/aromatic N) is 1. The lowest BCUT2D eigenvalue weighted by atomic mass is 9.88. The molecule has 2 fully saturated rings. The smallest absolute Gasteiger partial charge is 0.0117 e. The number of hydrogen-bond donors (Lipinski definition) is 1. The van der Waals surface area contributed by atoms with Gasteiger partial charge in [0.15, 0.2) is 0 Å². The molecule has 2 atom stereocenters. The third-order valence-corrected chi connectivity index (χ3v) is 4.68. The Morgan fingerprint density at radius 3 is 2.53 bits per heavy atom. The standard InChI is InChI=1S/C15H30N2/c1-3-10-16-15-9-11-17(12-13(15)2)14-7-5-4-6-8-14/h13-16H,3-12H2,1-2H3. The second-order valence-corrected chi connectivity index (χ2v) is 6.11. The van der Waals surface area contributed by atoms with E-state index in [1.807, 2.05) is 0 Å². The molecule has 100 valence electrons. The summed E-state index contributed by atoms with van der Waals surface area (Å²) in [5, 5.41) is 3.72. The number of hydrogen-bond acceptors (Lipinski definition) is 2. The molecule has 2 nitrogen and oxygen atoms in total. The Labute approximate surface area is 107 Å². The summed E-state index contributed by atoms with van der Waals surface area (Å²) in [4.78, 5) is 2.79. The van der Waals surface area contributed by atoms with Crippen LogP contribution in [0.15, 0.2) is 0 Å². The highest BCUT2D eigenvalue weighted by Gasteiger charge is 2.29. The molecule has 1 aliphatic carbocycles. The lowest BCUT2D eigenvalue weighted by Crippen LogP contribution is -2.51. The minimum Gasteiger partial charge on any atom is -0.314 e. The van der Waals surface area contributed by atoms with Crippen molar-refractivity contribution in [3.05, 3.63) is 0 Å². The Hall–Kier alpha value is -0.0800. The van der Waals surface area contributed by atoms with Crippen LogP contribution in [0.2, 0.25) is 0 Å². The van der Waals surface area contributed by atoms with Crippen LogP contribution in [0, 0.1) is 5.92 Å². The first-order valence-electron chi connectivity index (χ1n) is 7.78. The lowest BCUT2D eigenvalue weighted by Gasteiger charge is -2.42. The monoisotopic (exact) mass is 238 g/mol. The van der Waals surface area contributed by atoms with Crippen LogP contribution in [-0.2, 0) is 0 Å². The molecule has 17 heavy (non-hydrogen) atoms. The number of nitrogens with one attached hydrogen (secondary N) is 1. The van der Waals surface area contributed by atoms with Crippen molar-refractivity contribution >= 4 is 0 Å². The molecular formula is C15H30N2. The Morgan fingerprint density at radius 1 is 1.12 bits per heavy atom. The normalized spacial score (nSPS) is 32.8. The van der Waals surface area contributed by atoms with Gasteiger partial charge in [-0.05, 0) is 44.7 Å². The number of rotatable bonds is 4. The van der Waals surface area contributed by atoms with Crippen molar-refractivity contribution in [1.82, 2.24) is 10.2 Å². The zero-order valence-electron chi connectivity index (χ0n) is 11.8. The average molecular weight is 238 g/mol. The molecule has 1 N–H and O–H groups in total. The Bertz CT molecular complexity index is 211. The molecule has 0 aromatic carbocycles. The van der Waals surface area contributed by atoms with E-state index in [1.54, 1.807) is 0 Å². The topological polar surface area (TPSA) is 15.3 Å². The van der Waals surface area contributed by atoms with E-state index in [0.29, 0.717) is 0 Å². The van der Waals surface area contributed by atoms with Crippen LogP contribution in [0.4, 0.5) is 0 Å². The fourth-order valence-corrected chi connectivity index (χ4v) is 3.59. The Balaban J connectivity index is 1.77. The van der Waals surface area contributed by atoms with E-state index < -0.39 is 0 Å². The van der Waals surface area contributed by atoms with Crippen LogP contribution in [0.3, 0.4) is 0 Å². The van der Waals surface area contributed by atoms with E-state index in [1.165, 1.54) is 64.6 Å². The van der Waals surface area contributed by atoms with E-state index in [-0.39, 0.29) is 0 Å². The van der Waals surface area contributed by atoms with Crippen LogP contribution in [-0.4, -0.2) is 36.6 Å². The molecule has 2 heteroatoms. The van der Waals surface area contributed by atoms with E-state index in [4.69, 9.17) is 0 Å². The van der Waals surface area contributed by atoms with Gasteiger partial charge in [-0.3, -0.25) is 0 Å². The van der Waals surface area contributed by atoms with Gasteiger partial charge in [-0.15, -0.1) is 0 Å². The molecule has 0 aromatic rings. The molecule has 0 aromatic heterocycles. The maximum absolute atomic E-state index is 3.72. The highest BCUT2D eigenvalue weighted by atomic mass is 15.2. The summed E-state index contributed by atoms with van der Waals surface area (Å²) in [5.41, 5.74) is 0. The fourth-order valence-electron chi connectivity index (χ4n) is 3.59. The first-order valence-corrected chi connectivity index (χ1v) is 7.78. The minimum atomic E-state index is 0.773. The van der Waals surface area contributed by atoms with Crippen LogP contribution < -0.4 is 5.32 Å². The van der Waals surface area contributed by atoms with Crippen molar-refractivity contribution < 1.29 is 0 Å². The van der Waals surface area contributed by atoms with Crippen molar-refractivity contribution in [2.75, 3.05) is 19.6 Å². The summed E-state index contributed by atoms with van der Waals surface area (Å²) in [6, 6.07) is 1.69. The number of piperidine rings is 1. The summed E-state index contributed by atoms with van der Waals surface area (Å²) < 4.78 is 0. The van der Waals surface area contributed by atoms with Crippen LogP contribution >= 0.6 is 0 Å². The molecular weight excluding hydrogens is 208 g/mol. The fraction of sp³-hybridized carbons (Fsp3) is 1.00. The second-order valence-electron chi connectivity index (χ2n) is 6.11. The molecule has 2 rings (SSSR count). The molecule has 1 saturated carbocycles. The van der Waals surface area contributed by atoms with E-state index in [2.05, 4.69) is 24.1 Å². The van der Waals surface area contributed by atoms with Crippen molar-refractivity contribution in [1.29, 1.82) is 0 Å². The van der Waals surface area contributed by atoms with Crippen molar-refractivity contribution in [2.45, 2.75) is 70.9 Å². The van der Waals surface area contributed by atoms with Crippen LogP contribution in [0.1, 0.15) is 58.8 Å². The Kier molecular flexibility index (Phi) is 5.30. The summed E-state index contributed by atoms with van der Waals surface area (Å²) in [5.74, 6) is 0.831. The molecule has 2 unspecified atom stereocenters. The van der Waals surface area contributed by atoms with E-state index in [0.717, 1.165) is 18.0 Å². The maximum atomic E-state index is 3.72. The molecule has 1 saturated heterocycles. The third kappa shape index (κ3) is 3.69. The van der Waals surface area contributed by atoms with Crippen molar-refractivity contribution in [2.24, 2.45) is 5.92 Å². The van der Waals surface area contributed by atoms with Crippen LogP contribution in [0.25, 0.3) is 0 Å². The molecule has 1 aliphatic heterocycles. The zero-order chi connectivity index (χ0) is 12.1. The first kappa shape index (κ1) is 13.4. The van der Waals surface area contributed by atoms with Gasteiger partial charge in [0.05, 0.1) is 0 Å². The van der Waals surface area contributed by atoms with Gasteiger partial charge in [0.2, 0.25) is 0 Å². The van der Waals surface area contributed by atoms with Gasteiger partial charge < -0.3 is 10.2 Å².